The third kappa shape index (κ3) is 4.02. The quantitative estimate of drug-likeness (QED) is 0.861. The van der Waals surface area contributed by atoms with Gasteiger partial charge in [0.05, 0.1) is 10.6 Å². The molecular weight excluding hydrogens is 380 g/mol. The van der Waals surface area contributed by atoms with Crippen LogP contribution in [0.1, 0.15) is 0 Å². The summed E-state index contributed by atoms with van der Waals surface area (Å²) < 4.78 is 50.2. The van der Waals surface area contributed by atoms with Crippen molar-refractivity contribution in [3.05, 3.63) is 47.2 Å². The predicted molar refractivity (Wildman–Crippen MR) is 82.3 cm³/mol. The zero-order chi connectivity index (χ0) is 15.7. The van der Waals surface area contributed by atoms with Crippen LogP contribution in [0.15, 0.2) is 57.0 Å². The zero-order valence-corrected chi connectivity index (χ0v) is 14.0. The maximum absolute atomic E-state index is 12.2. The monoisotopic (exact) mass is 390 g/mol. The minimum Gasteiger partial charge on any atom is -0.280 e. The lowest BCUT2D eigenvalue weighted by molar-refractivity contribution is 0.598. The first-order chi connectivity index (χ1) is 9.68. The van der Waals surface area contributed by atoms with Crippen LogP contribution < -0.4 is 4.72 Å². The van der Waals surface area contributed by atoms with E-state index in [1.54, 1.807) is 0 Å². The van der Waals surface area contributed by atoms with Gasteiger partial charge in [-0.15, -0.1) is 0 Å². The van der Waals surface area contributed by atoms with Gasteiger partial charge in [-0.25, -0.2) is 16.8 Å². The van der Waals surface area contributed by atoms with E-state index in [0.29, 0.717) is 4.47 Å². The molecule has 0 spiro atoms. The normalized spacial score (nSPS) is 12.1. The Labute approximate surface area is 131 Å². The summed E-state index contributed by atoms with van der Waals surface area (Å²) in [7, 11) is -7.24. The average Bonchev–Trinajstić information content (AvgIpc) is 2.37. The van der Waals surface area contributed by atoms with E-state index >= 15 is 0 Å². The molecule has 1 aromatic heterocycles. The predicted octanol–water partition coefficient (Wildman–Crippen LogP) is 2.05. The van der Waals surface area contributed by atoms with E-state index in [9.17, 15) is 16.8 Å². The van der Waals surface area contributed by atoms with Gasteiger partial charge >= 0.3 is 0 Å². The molecule has 6 nitrogen and oxygen atoms in total. The molecule has 0 aliphatic heterocycles. The van der Waals surface area contributed by atoms with Crippen molar-refractivity contribution >= 4 is 41.5 Å². The summed E-state index contributed by atoms with van der Waals surface area (Å²) >= 11 is 3.14. The summed E-state index contributed by atoms with van der Waals surface area (Å²) in [4.78, 5) is 3.80. The number of hydrogen-bond acceptors (Lipinski definition) is 5. The number of sulfonamides is 1. The van der Waals surface area contributed by atoms with Crippen molar-refractivity contribution < 1.29 is 16.8 Å². The van der Waals surface area contributed by atoms with E-state index < -0.39 is 19.9 Å². The van der Waals surface area contributed by atoms with Gasteiger partial charge in [0.1, 0.15) is 4.90 Å². The Balaban J connectivity index is 2.38. The molecular formula is C12H11BrN2O4S2. The number of nitrogens with one attached hydrogen (secondary N) is 1. The minimum atomic E-state index is -3.84. The lowest BCUT2D eigenvalue weighted by atomic mass is 10.3. The highest BCUT2D eigenvalue weighted by atomic mass is 79.9. The molecule has 0 saturated carbocycles. The van der Waals surface area contributed by atoms with E-state index in [1.165, 1.54) is 42.7 Å². The van der Waals surface area contributed by atoms with Crippen LogP contribution in [0.25, 0.3) is 0 Å². The van der Waals surface area contributed by atoms with E-state index in [2.05, 4.69) is 25.6 Å². The number of halogens is 1. The third-order valence-electron chi connectivity index (χ3n) is 2.50. The largest absolute Gasteiger partial charge is 0.280 e. The highest BCUT2D eigenvalue weighted by Gasteiger charge is 2.16. The first-order valence-electron chi connectivity index (χ1n) is 5.62. The van der Waals surface area contributed by atoms with Gasteiger partial charge in [0.15, 0.2) is 9.84 Å². The summed E-state index contributed by atoms with van der Waals surface area (Å²) in [5, 5.41) is 0. The number of anilines is 1. The van der Waals surface area contributed by atoms with Crippen LogP contribution in [-0.4, -0.2) is 28.1 Å². The van der Waals surface area contributed by atoms with E-state index in [1.807, 2.05) is 0 Å². The van der Waals surface area contributed by atoms with Gasteiger partial charge < -0.3 is 0 Å². The third-order valence-corrected chi connectivity index (χ3v) is 5.40. The van der Waals surface area contributed by atoms with Crippen LogP contribution >= 0.6 is 15.9 Å². The number of pyridine rings is 1. The van der Waals surface area contributed by atoms with Crippen molar-refractivity contribution in [3.8, 4) is 0 Å². The second-order valence-electron chi connectivity index (χ2n) is 4.24. The summed E-state index contributed by atoms with van der Waals surface area (Å²) in [5.74, 6) is 0. The summed E-state index contributed by atoms with van der Waals surface area (Å²) in [6.07, 6.45) is 3.72. The van der Waals surface area contributed by atoms with E-state index in [4.69, 9.17) is 0 Å². The van der Waals surface area contributed by atoms with Crippen molar-refractivity contribution in [2.75, 3.05) is 11.0 Å². The molecule has 2 rings (SSSR count). The first-order valence-corrected chi connectivity index (χ1v) is 9.79. The number of nitrogens with zero attached hydrogens (tertiary/aromatic N) is 1. The number of hydrogen-bond donors (Lipinski definition) is 1. The molecule has 0 aliphatic carbocycles. The number of sulfone groups is 1. The second-order valence-corrected chi connectivity index (χ2v) is 8.86. The SMILES string of the molecule is CS(=O)(=O)c1cccc(NS(=O)(=O)c2cncc(Br)c2)c1. The summed E-state index contributed by atoms with van der Waals surface area (Å²) in [6.45, 7) is 0. The first kappa shape index (κ1) is 15.9. The Morgan fingerprint density at radius 2 is 1.76 bits per heavy atom. The summed E-state index contributed by atoms with van der Waals surface area (Å²) in [5.41, 5.74) is 0.165. The lowest BCUT2D eigenvalue weighted by Crippen LogP contribution is -2.13. The molecule has 9 heteroatoms. The number of rotatable bonds is 4. The highest BCUT2D eigenvalue weighted by molar-refractivity contribution is 9.10. The van der Waals surface area contributed by atoms with Gasteiger partial charge in [0.2, 0.25) is 0 Å². The van der Waals surface area contributed by atoms with Crippen LogP contribution in [0.3, 0.4) is 0 Å². The second kappa shape index (κ2) is 5.74. The fourth-order valence-corrected chi connectivity index (χ4v) is 3.76. The molecule has 21 heavy (non-hydrogen) atoms. The van der Waals surface area contributed by atoms with Gasteiger partial charge in [-0.3, -0.25) is 9.71 Å². The van der Waals surface area contributed by atoms with Crippen molar-refractivity contribution in [3.63, 3.8) is 0 Å². The molecule has 1 heterocycles. The van der Waals surface area contributed by atoms with E-state index in [0.717, 1.165) is 6.26 Å². The Morgan fingerprint density at radius 1 is 1.05 bits per heavy atom. The fraction of sp³-hybridized carbons (Fsp3) is 0.0833. The molecule has 0 unspecified atom stereocenters. The molecule has 0 amide bonds. The molecule has 0 fully saturated rings. The van der Waals surface area contributed by atoms with Gasteiger partial charge in [-0.2, -0.15) is 0 Å². The molecule has 2 aromatic rings. The molecule has 0 saturated heterocycles. The van der Waals surface area contributed by atoms with Crippen molar-refractivity contribution in [2.24, 2.45) is 0 Å². The average molecular weight is 391 g/mol. The Kier molecular flexibility index (Phi) is 4.35. The highest BCUT2D eigenvalue weighted by Crippen LogP contribution is 2.20. The molecule has 0 aliphatic rings. The molecule has 112 valence electrons. The maximum atomic E-state index is 12.2. The van der Waals surface area contributed by atoms with Crippen LogP contribution in [0, 0.1) is 0 Å². The molecule has 0 atom stereocenters. The van der Waals surface area contributed by atoms with Crippen LogP contribution in [0.5, 0.6) is 0 Å². The zero-order valence-electron chi connectivity index (χ0n) is 10.8. The summed E-state index contributed by atoms with van der Waals surface area (Å²) in [6, 6.07) is 6.99. The maximum Gasteiger partial charge on any atom is 0.263 e. The van der Waals surface area contributed by atoms with Gasteiger partial charge in [0, 0.05) is 23.1 Å². The molecule has 0 bridgehead atoms. The van der Waals surface area contributed by atoms with Gasteiger partial charge in [-0.1, -0.05) is 6.07 Å². The number of benzene rings is 1. The van der Waals surface area contributed by atoms with Crippen LogP contribution in [-0.2, 0) is 19.9 Å². The standard InChI is InChI=1S/C12H11BrN2O4S2/c1-20(16,17)11-4-2-3-10(6-11)15-21(18,19)12-5-9(13)7-14-8-12/h2-8,15H,1H3. The molecule has 1 N–H and O–H groups in total. The Bertz CT molecular complexity index is 880. The van der Waals surface area contributed by atoms with E-state index in [-0.39, 0.29) is 15.5 Å². The Hall–Kier alpha value is -1.45. The number of aromatic nitrogens is 1. The fourth-order valence-electron chi connectivity index (χ4n) is 1.54. The van der Waals surface area contributed by atoms with Gasteiger partial charge in [0.25, 0.3) is 10.0 Å². The van der Waals surface area contributed by atoms with Gasteiger partial charge in [-0.05, 0) is 40.2 Å². The lowest BCUT2D eigenvalue weighted by Gasteiger charge is -2.09. The van der Waals surface area contributed by atoms with Crippen molar-refractivity contribution in [1.29, 1.82) is 0 Å². The topological polar surface area (TPSA) is 93.2 Å². The van der Waals surface area contributed by atoms with Crippen molar-refractivity contribution in [2.45, 2.75) is 9.79 Å². The van der Waals surface area contributed by atoms with Crippen LogP contribution in [0.2, 0.25) is 0 Å². The van der Waals surface area contributed by atoms with Crippen molar-refractivity contribution in [1.82, 2.24) is 4.98 Å². The molecule has 1 aromatic carbocycles. The smallest absolute Gasteiger partial charge is 0.263 e. The minimum absolute atomic E-state index is 0.0263. The molecule has 0 radical (unpaired) electrons. The van der Waals surface area contributed by atoms with Crippen LogP contribution in [0.4, 0.5) is 5.69 Å². The Morgan fingerprint density at radius 3 is 2.38 bits per heavy atom.